The van der Waals surface area contributed by atoms with E-state index in [0.717, 1.165) is 11.1 Å². The first kappa shape index (κ1) is 16.5. The lowest BCUT2D eigenvalue weighted by Crippen LogP contribution is -2.27. The average Bonchev–Trinajstić information content (AvgIpc) is 3.36. The highest BCUT2D eigenvalue weighted by Gasteiger charge is 2.47. The smallest absolute Gasteiger partial charge is 0.228 e. The van der Waals surface area contributed by atoms with Crippen LogP contribution in [0.15, 0.2) is 48.5 Å². The van der Waals surface area contributed by atoms with Crippen molar-refractivity contribution in [3.63, 3.8) is 0 Å². The minimum Gasteiger partial charge on any atom is -0.352 e. The third-order valence-electron chi connectivity index (χ3n) is 4.14. The molecule has 0 radical (unpaired) electrons. The molecule has 0 bridgehead atoms. The molecule has 5 heteroatoms. The number of carbonyl (C=O) groups excluding carboxylic acids is 2. The van der Waals surface area contributed by atoms with Crippen LogP contribution < -0.4 is 10.6 Å². The standard InChI is InChI=1S/C19H19ClN2O2/c1-12-5-4-6-13(9-12)11-21-18(23)14-10-15(14)19(24)22-17-8-3-2-7-16(17)20/h2-9,14-15H,10-11H2,1H3,(H,21,23)(H,22,24). The Morgan fingerprint density at radius 1 is 1.08 bits per heavy atom. The van der Waals surface area contributed by atoms with Crippen LogP contribution in [0.4, 0.5) is 5.69 Å². The second kappa shape index (κ2) is 7.05. The van der Waals surface area contributed by atoms with E-state index in [9.17, 15) is 9.59 Å². The first-order chi connectivity index (χ1) is 11.5. The summed E-state index contributed by atoms with van der Waals surface area (Å²) in [7, 11) is 0. The first-order valence-corrected chi connectivity index (χ1v) is 8.31. The highest BCUT2D eigenvalue weighted by molar-refractivity contribution is 6.33. The molecule has 24 heavy (non-hydrogen) atoms. The number of aryl methyl sites for hydroxylation is 1. The van der Waals surface area contributed by atoms with Crippen molar-refractivity contribution >= 4 is 29.1 Å². The maximum atomic E-state index is 12.2. The lowest BCUT2D eigenvalue weighted by molar-refractivity contribution is -0.125. The normalized spacial score (nSPS) is 18.8. The molecule has 1 fully saturated rings. The fourth-order valence-electron chi connectivity index (χ4n) is 2.70. The van der Waals surface area contributed by atoms with Gasteiger partial charge in [0, 0.05) is 6.54 Å². The van der Waals surface area contributed by atoms with Gasteiger partial charge < -0.3 is 10.6 Å². The van der Waals surface area contributed by atoms with Crippen LogP contribution in [0.3, 0.4) is 0 Å². The number of carbonyl (C=O) groups is 2. The lowest BCUT2D eigenvalue weighted by Gasteiger charge is -2.07. The van der Waals surface area contributed by atoms with Crippen molar-refractivity contribution in [1.29, 1.82) is 0 Å². The summed E-state index contributed by atoms with van der Waals surface area (Å²) in [6, 6.07) is 15.1. The predicted molar refractivity (Wildman–Crippen MR) is 94.7 cm³/mol. The van der Waals surface area contributed by atoms with E-state index in [1.807, 2.05) is 31.2 Å². The Morgan fingerprint density at radius 2 is 1.83 bits per heavy atom. The van der Waals surface area contributed by atoms with E-state index in [1.165, 1.54) is 0 Å². The highest BCUT2D eigenvalue weighted by Crippen LogP contribution is 2.40. The van der Waals surface area contributed by atoms with Crippen LogP contribution in [0, 0.1) is 18.8 Å². The molecule has 2 aromatic carbocycles. The Labute approximate surface area is 146 Å². The third kappa shape index (κ3) is 3.95. The molecule has 2 unspecified atom stereocenters. The molecule has 0 saturated heterocycles. The minimum atomic E-state index is -0.279. The molecule has 0 aromatic heterocycles. The van der Waals surface area contributed by atoms with Crippen LogP contribution in [0.25, 0.3) is 0 Å². The zero-order valence-corrected chi connectivity index (χ0v) is 14.1. The lowest BCUT2D eigenvalue weighted by atomic mass is 10.1. The summed E-state index contributed by atoms with van der Waals surface area (Å²) in [4.78, 5) is 24.4. The highest BCUT2D eigenvalue weighted by atomic mass is 35.5. The van der Waals surface area contributed by atoms with Crippen molar-refractivity contribution in [3.8, 4) is 0 Å². The number of anilines is 1. The van der Waals surface area contributed by atoms with Crippen molar-refractivity contribution in [1.82, 2.24) is 5.32 Å². The SMILES string of the molecule is Cc1cccc(CNC(=O)C2CC2C(=O)Nc2ccccc2Cl)c1. The maximum absolute atomic E-state index is 12.2. The van der Waals surface area contributed by atoms with Gasteiger partial charge in [-0.25, -0.2) is 0 Å². The molecule has 1 saturated carbocycles. The topological polar surface area (TPSA) is 58.2 Å². The van der Waals surface area contributed by atoms with Gasteiger partial charge in [-0.2, -0.15) is 0 Å². The van der Waals surface area contributed by atoms with Gasteiger partial charge >= 0.3 is 0 Å². The van der Waals surface area contributed by atoms with Crippen LogP contribution in [-0.4, -0.2) is 11.8 Å². The van der Waals surface area contributed by atoms with Crippen molar-refractivity contribution in [2.75, 3.05) is 5.32 Å². The zero-order chi connectivity index (χ0) is 17.1. The molecule has 2 N–H and O–H groups in total. The molecule has 124 valence electrons. The number of para-hydroxylation sites is 1. The first-order valence-electron chi connectivity index (χ1n) is 7.93. The van der Waals surface area contributed by atoms with E-state index in [0.29, 0.717) is 23.7 Å². The molecule has 0 heterocycles. The molecule has 4 nitrogen and oxygen atoms in total. The van der Waals surface area contributed by atoms with Gasteiger partial charge in [0.15, 0.2) is 0 Å². The van der Waals surface area contributed by atoms with Gasteiger partial charge in [-0.15, -0.1) is 0 Å². The van der Waals surface area contributed by atoms with E-state index in [1.54, 1.807) is 24.3 Å². The second-order valence-electron chi connectivity index (χ2n) is 6.12. The summed E-state index contributed by atoms with van der Waals surface area (Å²) in [6.07, 6.45) is 0.579. The summed E-state index contributed by atoms with van der Waals surface area (Å²) < 4.78 is 0. The molecule has 3 rings (SSSR count). The van der Waals surface area contributed by atoms with Crippen LogP contribution in [0.1, 0.15) is 17.5 Å². The Balaban J connectivity index is 1.50. The van der Waals surface area contributed by atoms with Gasteiger partial charge in [0.1, 0.15) is 0 Å². The van der Waals surface area contributed by atoms with E-state index in [2.05, 4.69) is 10.6 Å². The molecule has 2 atom stereocenters. The van der Waals surface area contributed by atoms with Crippen molar-refractivity contribution in [3.05, 3.63) is 64.7 Å². The van der Waals surface area contributed by atoms with Gasteiger partial charge in [0.25, 0.3) is 0 Å². The number of benzene rings is 2. The number of nitrogens with one attached hydrogen (secondary N) is 2. The molecule has 1 aliphatic carbocycles. The number of halogens is 1. The van der Waals surface area contributed by atoms with Gasteiger partial charge in [-0.05, 0) is 31.0 Å². The summed E-state index contributed by atoms with van der Waals surface area (Å²) in [6.45, 7) is 2.50. The van der Waals surface area contributed by atoms with E-state index >= 15 is 0 Å². The van der Waals surface area contributed by atoms with E-state index in [-0.39, 0.29) is 23.7 Å². The number of amides is 2. The molecule has 0 spiro atoms. The van der Waals surface area contributed by atoms with Gasteiger partial charge in [0.2, 0.25) is 11.8 Å². The third-order valence-corrected chi connectivity index (χ3v) is 4.47. The zero-order valence-electron chi connectivity index (χ0n) is 13.4. The maximum Gasteiger partial charge on any atom is 0.228 e. The second-order valence-corrected chi connectivity index (χ2v) is 6.53. The molecule has 0 aliphatic heterocycles. The fourth-order valence-corrected chi connectivity index (χ4v) is 2.89. The molecule has 2 aromatic rings. The minimum absolute atomic E-state index is 0.0733. The van der Waals surface area contributed by atoms with Crippen LogP contribution in [0.2, 0.25) is 5.02 Å². The summed E-state index contributed by atoms with van der Waals surface area (Å²) in [5, 5.41) is 6.18. The quantitative estimate of drug-likeness (QED) is 0.873. The number of hydrogen-bond donors (Lipinski definition) is 2. The monoisotopic (exact) mass is 342 g/mol. The molecular weight excluding hydrogens is 324 g/mol. The van der Waals surface area contributed by atoms with Crippen molar-refractivity contribution in [2.24, 2.45) is 11.8 Å². The Kier molecular flexibility index (Phi) is 4.86. The van der Waals surface area contributed by atoms with Gasteiger partial charge in [0.05, 0.1) is 22.5 Å². The molecule has 1 aliphatic rings. The fraction of sp³-hybridized carbons (Fsp3) is 0.263. The van der Waals surface area contributed by atoms with Crippen LogP contribution in [-0.2, 0) is 16.1 Å². The predicted octanol–water partition coefficient (Wildman–Crippen LogP) is 3.54. The molecular formula is C19H19ClN2O2. The van der Waals surface area contributed by atoms with Gasteiger partial charge in [-0.1, -0.05) is 53.6 Å². The molecule has 2 amide bonds. The summed E-state index contributed by atoms with van der Waals surface area (Å²) in [5.41, 5.74) is 2.79. The van der Waals surface area contributed by atoms with Gasteiger partial charge in [-0.3, -0.25) is 9.59 Å². The van der Waals surface area contributed by atoms with Crippen molar-refractivity contribution in [2.45, 2.75) is 19.9 Å². The Bertz CT molecular complexity index is 775. The Morgan fingerprint density at radius 3 is 2.58 bits per heavy atom. The Hall–Kier alpha value is -2.33. The average molecular weight is 343 g/mol. The van der Waals surface area contributed by atoms with Crippen molar-refractivity contribution < 1.29 is 9.59 Å². The largest absolute Gasteiger partial charge is 0.352 e. The van der Waals surface area contributed by atoms with Crippen LogP contribution in [0.5, 0.6) is 0 Å². The van der Waals surface area contributed by atoms with E-state index < -0.39 is 0 Å². The van der Waals surface area contributed by atoms with Crippen LogP contribution >= 0.6 is 11.6 Å². The van der Waals surface area contributed by atoms with E-state index in [4.69, 9.17) is 11.6 Å². The summed E-state index contributed by atoms with van der Waals surface area (Å²) >= 11 is 6.03. The number of hydrogen-bond acceptors (Lipinski definition) is 2. The summed E-state index contributed by atoms with van der Waals surface area (Å²) in [5.74, 6) is -0.759. The number of rotatable bonds is 5.